The van der Waals surface area contributed by atoms with Gasteiger partial charge >= 0.3 is 5.97 Å². The molecule has 3 rings (SSSR count). The molecule has 1 aromatic heterocycles. The van der Waals surface area contributed by atoms with E-state index in [0.29, 0.717) is 30.6 Å². The summed E-state index contributed by atoms with van der Waals surface area (Å²) in [6.07, 6.45) is 1.11. The van der Waals surface area contributed by atoms with E-state index in [9.17, 15) is 9.59 Å². The van der Waals surface area contributed by atoms with E-state index < -0.39 is 5.97 Å². The van der Waals surface area contributed by atoms with Crippen molar-refractivity contribution >= 4 is 23.5 Å². The molecule has 0 N–H and O–H groups in total. The van der Waals surface area contributed by atoms with Gasteiger partial charge in [-0.1, -0.05) is 43.6 Å². The van der Waals surface area contributed by atoms with Gasteiger partial charge < -0.3 is 9.64 Å². The van der Waals surface area contributed by atoms with E-state index in [1.54, 1.807) is 11.8 Å². The molecule has 27 heavy (non-hydrogen) atoms. The number of hydrogen-bond acceptors (Lipinski definition) is 4. The Morgan fingerprint density at radius 1 is 1.19 bits per heavy atom. The van der Waals surface area contributed by atoms with Crippen molar-refractivity contribution in [1.82, 2.24) is 14.7 Å². The molecule has 0 spiro atoms. The second-order valence-corrected chi connectivity index (χ2v) is 7.68. The van der Waals surface area contributed by atoms with E-state index in [-0.39, 0.29) is 23.2 Å². The second kappa shape index (κ2) is 8.13. The quantitative estimate of drug-likeness (QED) is 0.751. The van der Waals surface area contributed by atoms with Gasteiger partial charge in [-0.3, -0.25) is 4.79 Å². The highest BCUT2D eigenvalue weighted by molar-refractivity contribution is 6.33. The van der Waals surface area contributed by atoms with Crippen LogP contribution in [0.2, 0.25) is 5.15 Å². The molecule has 1 amide bonds. The number of nitrogens with zero attached hydrogens (tertiary/aromatic N) is 3. The van der Waals surface area contributed by atoms with Gasteiger partial charge in [0.25, 0.3) is 5.91 Å². The minimum absolute atomic E-state index is 0.175. The number of hydrogen-bond donors (Lipinski definition) is 0. The molecule has 144 valence electrons. The number of aromatic nitrogens is 2. The lowest BCUT2D eigenvalue weighted by Crippen LogP contribution is -2.44. The molecule has 1 aliphatic heterocycles. The summed E-state index contributed by atoms with van der Waals surface area (Å²) in [6, 6.07) is 9.29. The molecule has 1 aliphatic rings. The number of aryl methyl sites for hydroxylation is 1. The third-order valence-electron chi connectivity index (χ3n) is 4.76. The molecule has 7 heteroatoms. The van der Waals surface area contributed by atoms with Crippen molar-refractivity contribution in [1.29, 1.82) is 0 Å². The predicted octanol–water partition coefficient (Wildman–Crippen LogP) is 3.50. The Bertz CT molecular complexity index is 824. The van der Waals surface area contributed by atoms with Crippen LogP contribution in [0.25, 0.3) is 5.69 Å². The van der Waals surface area contributed by atoms with Crippen LogP contribution in [0.5, 0.6) is 0 Å². The van der Waals surface area contributed by atoms with Crippen molar-refractivity contribution in [2.75, 3.05) is 19.7 Å². The van der Waals surface area contributed by atoms with Gasteiger partial charge in [0.2, 0.25) is 0 Å². The van der Waals surface area contributed by atoms with Gasteiger partial charge in [0.15, 0.2) is 6.61 Å². The van der Waals surface area contributed by atoms with Crippen LogP contribution in [0.15, 0.2) is 30.3 Å². The van der Waals surface area contributed by atoms with Crippen LogP contribution in [0.3, 0.4) is 0 Å². The molecule has 0 radical (unpaired) electrons. The summed E-state index contributed by atoms with van der Waals surface area (Å²) in [6.45, 7) is 7.06. The van der Waals surface area contributed by atoms with Gasteiger partial charge in [-0.2, -0.15) is 5.10 Å². The summed E-state index contributed by atoms with van der Waals surface area (Å²) in [5, 5.41) is 4.50. The maximum Gasteiger partial charge on any atom is 0.343 e. The predicted molar refractivity (Wildman–Crippen MR) is 103 cm³/mol. The number of ether oxygens (including phenoxy) is 1. The molecule has 0 bridgehead atoms. The van der Waals surface area contributed by atoms with Crippen LogP contribution in [0, 0.1) is 18.8 Å². The van der Waals surface area contributed by atoms with Crippen LogP contribution < -0.4 is 0 Å². The van der Waals surface area contributed by atoms with E-state index in [1.807, 2.05) is 30.3 Å². The van der Waals surface area contributed by atoms with Crippen molar-refractivity contribution < 1.29 is 14.3 Å². The number of piperidine rings is 1. The smallest absolute Gasteiger partial charge is 0.343 e. The van der Waals surface area contributed by atoms with Gasteiger partial charge in [0.05, 0.1) is 11.4 Å². The van der Waals surface area contributed by atoms with Gasteiger partial charge in [-0.05, 0) is 37.3 Å². The Balaban J connectivity index is 1.68. The third-order valence-corrected chi connectivity index (χ3v) is 5.11. The SMILES string of the molecule is Cc1nn(-c2ccccc2)c(Cl)c1C(=O)OCC(=O)N1C[C@H](C)C[C@H](C)C1. The standard InChI is InChI=1S/C20H24ClN3O3/c1-13-9-14(2)11-23(10-13)17(25)12-27-20(26)18-15(3)22-24(19(18)21)16-7-5-4-6-8-16/h4-8,13-14H,9-12H2,1-3H3/t13-,14+. The molecule has 6 nitrogen and oxygen atoms in total. The van der Waals surface area contributed by atoms with E-state index in [1.165, 1.54) is 4.68 Å². The summed E-state index contributed by atoms with van der Waals surface area (Å²) in [4.78, 5) is 26.7. The summed E-state index contributed by atoms with van der Waals surface area (Å²) in [7, 11) is 0. The number of para-hydroxylation sites is 1. The van der Waals surface area contributed by atoms with Crippen molar-refractivity contribution in [3.8, 4) is 5.69 Å². The summed E-state index contributed by atoms with van der Waals surface area (Å²) >= 11 is 6.37. The zero-order valence-corrected chi connectivity index (χ0v) is 16.6. The molecule has 2 heterocycles. The highest BCUT2D eigenvalue weighted by atomic mass is 35.5. The Labute approximate surface area is 164 Å². The van der Waals surface area contributed by atoms with E-state index in [4.69, 9.17) is 16.3 Å². The number of halogens is 1. The molecule has 1 saturated heterocycles. The fourth-order valence-corrected chi connectivity index (χ4v) is 3.98. The monoisotopic (exact) mass is 389 g/mol. The number of esters is 1. The summed E-state index contributed by atoms with van der Waals surface area (Å²) in [5.74, 6) is 0.0977. The second-order valence-electron chi connectivity index (χ2n) is 7.32. The molecule has 0 unspecified atom stereocenters. The van der Waals surface area contributed by atoms with Crippen LogP contribution in [0.1, 0.15) is 36.3 Å². The Hall–Kier alpha value is -2.34. The lowest BCUT2D eigenvalue weighted by atomic mass is 9.92. The highest BCUT2D eigenvalue weighted by Crippen LogP contribution is 2.25. The maximum absolute atomic E-state index is 12.5. The van der Waals surface area contributed by atoms with E-state index in [2.05, 4.69) is 18.9 Å². The van der Waals surface area contributed by atoms with Gasteiger partial charge in [-0.15, -0.1) is 0 Å². The molecule has 0 saturated carbocycles. The number of likely N-dealkylation sites (tertiary alicyclic amines) is 1. The van der Waals surface area contributed by atoms with Gasteiger partial charge in [0.1, 0.15) is 10.7 Å². The molecular formula is C20H24ClN3O3. The fourth-order valence-electron chi connectivity index (χ4n) is 3.63. The van der Waals surface area contributed by atoms with Crippen LogP contribution in [-0.4, -0.2) is 46.3 Å². The van der Waals surface area contributed by atoms with Crippen molar-refractivity contribution in [2.24, 2.45) is 11.8 Å². The number of carbonyl (C=O) groups excluding carboxylic acids is 2. The van der Waals surface area contributed by atoms with Gasteiger partial charge in [0, 0.05) is 13.1 Å². The molecule has 2 aromatic rings. The summed E-state index contributed by atoms with van der Waals surface area (Å²) in [5.41, 5.74) is 1.40. The molecule has 1 fully saturated rings. The third kappa shape index (κ3) is 4.33. The lowest BCUT2D eigenvalue weighted by Gasteiger charge is -2.34. The van der Waals surface area contributed by atoms with Crippen LogP contribution in [0.4, 0.5) is 0 Å². The largest absolute Gasteiger partial charge is 0.452 e. The minimum Gasteiger partial charge on any atom is -0.452 e. The number of carbonyl (C=O) groups is 2. The van der Waals surface area contributed by atoms with E-state index >= 15 is 0 Å². The first-order valence-electron chi connectivity index (χ1n) is 9.12. The number of amides is 1. The van der Waals surface area contributed by atoms with Crippen molar-refractivity contribution in [2.45, 2.75) is 27.2 Å². The lowest BCUT2D eigenvalue weighted by molar-refractivity contribution is -0.137. The first-order chi connectivity index (χ1) is 12.9. The first-order valence-corrected chi connectivity index (χ1v) is 9.50. The fraction of sp³-hybridized carbons (Fsp3) is 0.450. The van der Waals surface area contributed by atoms with Crippen molar-refractivity contribution in [3.05, 3.63) is 46.7 Å². The highest BCUT2D eigenvalue weighted by Gasteiger charge is 2.27. The molecule has 0 aliphatic carbocycles. The Morgan fingerprint density at radius 3 is 2.44 bits per heavy atom. The van der Waals surface area contributed by atoms with Crippen molar-refractivity contribution in [3.63, 3.8) is 0 Å². The zero-order valence-electron chi connectivity index (χ0n) is 15.8. The Morgan fingerprint density at radius 2 is 1.81 bits per heavy atom. The van der Waals surface area contributed by atoms with E-state index in [0.717, 1.165) is 12.1 Å². The normalized spacial score (nSPS) is 19.8. The Kier molecular flexibility index (Phi) is 5.85. The van der Waals surface area contributed by atoms with Gasteiger partial charge in [-0.25, -0.2) is 9.48 Å². The van der Waals surface area contributed by atoms with Crippen LogP contribution >= 0.6 is 11.6 Å². The average Bonchev–Trinajstić information content (AvgIpc) is 2.93. The number of benzene rings is 1. The topological polar surface area (TPSA) is 64.4 Å². The molecule has 1 aromatic carbocycles. The summed E-state index contributed by atoms with van der Waals surface area (Å²) < 4.78 is 6.75. The zero-order chi connectivity index (χ0) is 19.6. The molecule has 2 atom stereocenters. The molecular weight excluding hydrogens is 366 g/mol. The first kappa shape index (κ1) is 19.4. The minimum atomic E-state index is -0.633. The number of rotatable bonds is 4. The van der Waals surface area contributed by atoms with Crippen LogP contribution in [-0.2, 0) is 9.53 Å². The maximum atomic E-state index is 12.5. The average molecular weight is 390 g/mol.